The van der Waals surface area contributed by atoms with E-state index in [-0.39, 0.29) is 16.6 Å². The fourth-order valence-electron chi connectivity index (χ4n) is 3.23. The number of amides is 2. The van der Waals surface area contributed by atoms with Gasteiger partial charge < -0.3 is 15.5 Å². The number of carbonyl (C=O) groups excluding carboxylic acids is 1. The first-order chi connectivity index (χ1) is 15.3. The Balaban J connectivity index is 2.05. The van der Waals surface area contributed by atoms with Gasteiger partial charge in [0.25, 0.3) is 5.91 Å². The largest absolute Gasteiger partial charge is 0.480 e. The van der Waals surface area contributed by atoms with Crippen molar-refractivity contribution in [3.8, 4) is 0 Å². The van der Waals surface area contributed by atoms with Gasteiger partial charge in [0, 0.05) is 10.9 Å². The van der Waals surface area contributed by atoms with Gasteiger partial charge in [-0.15, -0.1) is 0 Å². The Labute approximate surface area is 184 Å². The SMILES string of the molecule is O=C(NC(CP(=O)(c1ccccc1)N(C(=O)O)c1ccccc1)C(=O)O)c1ccccc1. The van der Waals surface area contributed by atoms with Crippen molar-refractivity contribution in [3.63, 3.8) is 0 Å². The van der Waals surface area contributed by atoms with E-state index >= 15 is 0 Å². The number of anilines is 1. The molecular weight excluding hydrogens is 431 g/mol. The lowest BCUT2D eigenvalue weighted by molar-refractivity contribution is -0.138. The second-order valence-corrected chi connectivity index (χ2v) is 9.56. The minimum Gasteiger partial charge on any atom is -0.480 e. The van der Waals surface area contributed by atoms with Crippen LogP contribution in [0.3, 0.4) is 0 Å². The van der Waals surface area contributed by atoms with Gasteiger partial charge in [-0.3, -0.25) is 9.36 Å². The minimum absolute atomic E-state index is 0.130. The summed E-state index contributed by atoms with van der Waals surface area (Å²) in [6.07, 6.45) is -2.13. The third-order valence-corrected chi connectivity index (χ3v) is 7.75. The van der Waals surface area contributed by atoms with Crippen LogP contribution in [0.25, 0.3) is 0 Å². The highest BCUT2D eigenvalue weighted by Gasteiger charge is 2.42. The quantitative estimate of drug-likeness (QED) is 0.448. The molecule has 0 bridgehead atoms. The molecule has 2 unspecified atom stereocenters. The van der Waals surface area contributed by atoms with Crippen molar-refractivity contribution in [1.29, 1.82) is 0 Å². The Hall–Kier alpha value is -3.90. The number of para-hydroxylation sites is 1. The Morgan fingerprint density at radius 3 is 1.81 bits per heavy atom. The van der Waals surface area contributed by atoms with Crippen molar-refractivity contribution < 1.29 is 29.2 Å². The van der Waals surface area contributed by atoms with Crippen molar-refractivity contribution in [3.05, 3.63) is 96.6 Å². The lowest BCUT2D eigenvalue weighted by atomic mass is 10.2. The van der Waals surface area contributed by atoms with E-state index in [0.29, 0.717) is 4.67 Å². The molecule has 9 heteroatoms. The molecular formula is C23H21N2O6P. The first kappa shape index (κ1) is 22.8. The molecule has 3 aromatic rings. The van der Waals surface area contributed by atoms with E-state index in [2.05, 4.69) is 5.32 Å². The second kappa shape index (κ2) is 9.94. The van der Waals surface area contributed by atoms with Crippen LogP contribution in [0, 0.1) is 0 Å². The molecule has 0 radical (unpaired) electrons. The Kier molecular flexibility index (Phi) is 7.07. The van der Waals surface area contributed by atoms with Gasteiger partial charge in [-0.1, -0.05) is 54.6 Å². The number of carboxylic acid groups (broad SMARTS) is 2. The number of nitrogens with zero attached hydrogens (tertiary/aromatic N) is 1. The van der Waals surface area contributed by atoms with Crippen LogP contribution in [0.1, 0.15) is 10.4 Å². The molecule has 2 amide bonds. The maximum absolute atomic E-state index is 14.3. The summed E-state index contributed by atoms with van der Waals surface area (Å²) in [4.78, 5) is 36.8. The molecule has 164 valence electrons. The lowest BCUT2D eigenvalue weighted by Gasteiger charge is -2.32. The van der Waals surface area contributed by atoms with E-state index in [4.69, 9.17) is 0 Å². The van der Waals surface area contributed by atoms with Gasteiger partial charge in [-0.05, 0) is 36.4 Å². The number of rotatable bonds is 8. The predicted molar refractivity (Wildman–Crippen MR) is 121 cm³/mol. The van der Waals surface area contributed by atoms with Gasteiger partial charge in [0.2, 0.25) is 7.29 Å². The number of hydrogen-bond acceptors (Lipinski definition) is 4. The second-order valence-electron chi connectivity index (χ2n) is 6.88. The number of carbonyl (C=O) groups is 3. The molecule has 0 spiro atoms. The van der Waals surface area contributed by atoms with E-state index in [1.165, 1.54) is 36.4 Å². The molecule has 3 rings (SSSR count). The molecule has 32 heavy (non-hydrogen) atoms. The van der Waals surface area contributed by atoms with Gasteiger partial charge in [-0.25, -0.2) is 14.3 Å². The standard InChI is InChI=1S/C23H21N2O6P/c26-21(17-10-4-1-5-11-17)24-20(22(27)28)16-32(31,19-14-8-3-9-15-19)25(23(29)30)18-12-6-2-7-13-18/h1-15,20H,16H2,(H,24,26)(H,27,28)(H,29,30). The Morgan fingerprint density at radius 1 is 0.812 bits per heavy atom. The van der Waals surface area contributed by atoms with E-state index in [1.54, 1.807) is 54.6 Å². The summed E-state index contributed by atoms with van der Waals surface area (Å²) in [5, 5.41) is 22.3. The van der Waals surface area contributed by atoms with E-state index in [9.17, 15) is 29.2 Å². The van der Waals surface area contributed by atoms with Crippen LogP contribution < -0.4 is 15.3 Å². The normalized spacial score (nSPS) is 13.4. The smallest absolute Gasteiger partial charge is 0.417 e. The number of carboxylic acids is 1. The molecule has 0 saturated carbocycles. The van der Waals surface area contributed by atoms with Crippen LogP contribution >= 0.6 is 7.29 Å². The van der Waals surface area contributed by atoms with Crippen molar-refractivity contribution in [2.24, 2.45) is 0 Å². The molecule has 0 aliphatic carbocycles. The third-order valence-electron chi connectivity index (χ3n) is 4.73. The molecule has 3 aromatic carbocycles. The van der Waals surface area contributed by atoms with E-state index in [0.717, 1.165) is 0 Å². The van der Waals surface area contributed by atoms with Gasteiger partial charge in [0.1, 0.15) is 6.04 Å². The maximum Gasteiger partial charge on any atom is 0.417 e. The van der Waals surface area contributed by atoms with Crippen LogP contribution in [0.4, 0.5) is 10.5 Å². The molecule has 0 aliphatic rings. The maximum atomic E-state index is 14.3. The minimum atomic E-state index is -4.08. The Morgan fingerprint density at radius 2 is 1.31 bits per heavy atom. The summed E-state index contributed by atoms with van der Waals surface area (Å²) in [7, 11) is -4.08. The van der Waals surface area contributed by atoms with Crippen LogP contribution in [-0.4, -0.2) is 40.4 Å². The summed E-state index contributed by atoms with van der Waals surface area (Å²) in [6, 6.07) is 22.0. The molecule has 8 nitrogen and oxygen atoms in total. The molecule has 0 fully saturated rings. The monoisotopic (exact) mass is 452 g/mol. The molecule has 0 aliphatic heterocycles. The van der Waals surface area contributed by atoms with E-state index < -0.39 is 37.5 Å². The third kappa shape index (κ3) is 5.04. The van der Waals surface area contributed by atoms with E-state index in [1.807, 2.05) is 0 Å². The van der Waals surface area contributed by atoms with Crippen LogP contribution in [0.5, 0.6) is 0 Å². The highest BCUT2D eigenvalue weighted by atomic mass is 31.2. The summed E-state index contributed by atoms with van der Waals surface area (Å²) in [5.74, 6) is -2.09. The number of benzene rings is 3. The summed E-state index contributed by atoms with van der Waals surface area (Å²) < 4.78 is 15.0. The summed E-state index contributed by atoms with van der Waals surface area (Å²) in [5.41, 5.74) is 0.358. The zero-order valence-electron chi connectivity index (χ0n) is 16.9. The fourth-order valence-corrected chi connectivity index (χ4v) is 6.00. The van der Waals surface area contributed by atoms with Crippen molar-refractivity contribution in [1.82, 2.24) is 5.32 Å². The number of aliphatic carboxylic acids is 1. The van der Waals surface area contributed by atoms with Crippen molar-refractivity contribution >= 4 is 36.3 Å². The lowest BCUT2D eigenvalue weighted by Crippen LogP contribution is -2.46. The topological polar surface area (TPSA) is 124 Å². The van der Waals surface area contributed by atoms with Crippen molar-refractivity contribution in [2.45, 2.75) is 6.04 Å². The molecule has 2 atom stereocenters. The molecule has 0 saturated heterocycles. The Bertz CT molecular complexity index is 1140. The van der Waals surface area contributed by atoms with Crippen molar-refractivity contribution in [2.75, 3.05) is 10.8 Å². The molecule has 0 heterocycles. The molecule has 0 aromatic heterocycles. The number of nitrogens with one attached hydrogen (secondary N) is 1. The fraction of sp³-hybridized carbons (Fsp3) is 0.0870. The van der Waals surface area contributed by atoms with Gasteiger partial charge in [-0.2, -0.15) is 0 Å². The highest BCUT2D eigenvalue weighted by Crippen LogP contribution is 2.51. The predicted octanol–water partition coefficient (Wildman–Crippen LogP) is 3.66. The highest BCUT2D eigenvalue weighted by molar-refractivity contribution is 7.74. The average molecular weight is 452 g/mol. The number of hydrogen-bond donors (Lipinski definition) is 3. The average Bonchev–Trinajstić information content (AvgIpc) is 2.80. The van der Waals surface area contributed by atoms with Crippen LogP contribution in [0.15, 0.2) is 91.0 Å². The zero-order valence-corrected chi connectivity index (χ0v) is 17.8. The van der Waals surface area contributed by atoms with Gasteiger partial charge in [0.15, 0.2) is 0 Å². The summed E-state index contributed by atoms with van der Waals surface area (Å²) >= 11 is 0. The summed E-state index contributed by atoms with van der Waals surface area (Å²) in [6.45, 7) is 0. The van der Waals surface area contributed by atoms with Gasteiger partial charge in [0.05, 0.1) is 11.8 Å². The first-order valence-corrected chi connectivity index (χ1v) is 11.5. The first-order valence-electron chi connectivity index (χ1n) is 9.65. The van der Waals surface area contributed by atoms with Crippen LogP contribution in [0.2, 0.25) is 0 Å². The van der Waals surface area contributed by atoms with Gasteiger partial charge >= 0.3 is 12.1 Å². The zero-order chi connectivity index (χ0) is 23.1. The molecule has 3 N–H and O–H groups in total. The van der Waals surface area contributed by atoms with Crippen LogP contribution in [-0.2, 0) is 9.36 Å².